The van der Waals surface area contributed by atoms with Gasteiger partial charge in [0.25, 0.3) is 0 Å². The van der Waals surface area contributed by atoms with Crippen LogP contribution in [0.25, 0.3) is 0 Å². The fourth-order valence-electron chi connectivity index (χ4n) is 2.11. The highest BCUT2D eigenvalue weighted by molar-refractivity contribution is 5.22. The van der Waals surface area contributed by atoms with E-state index in [1.807, 2.05) is 0 Å². The van der Waals surface area contributed by atoms with Crippen LogP contribution >= 0.6 is 0 Å². The molecule has 0 spiro atoms. The van der Waals surface area contributed by atoms with Crippen molar-refractivity contribution in [3.05, 3.63) is 35.4 Å². The summed E-state index contributed by atoms with van der Waals surface area (Å²) in [6.07, 6.45) is 7.71. The van der Waals surface area contributed by atoms with Crippen LogP contribution in [0.1, 0.15) is 64.5 Å². The van der Waals surface area contributed by atoms with Crippen LogP contribution in [-0.4, -0.2) is 0 Å². The molecule has 0 radical (unpaired) electrons. The van der Waals surface area contributed by atoms with Gasteiger partial charge < -0.3 is 0 Å². The quantitative estimate of drug-likeness (QED) is 0.556. The lowest BCUT2D eigenvalue weighted by Crippen LogP contribution is -1.97. The first kappa shape index (κ1) is 15.3. The molecule has 0 saturated heterocycles. The normalized spacial score (nSPS) is 14.4. The molecule has 0 aromatic heterocycles. The van der Waals surface area contributed by atoms with Gasteiger partial charge in [-0.2, -0.15) is 0 Å². The van der Waals surface area contributed by atoms with Gasteiger partial charge >= 0.3 is 0 Å². The van der Waals surface area contributed by atoms with Crippen molar-refractivity contribution in [3.8, 4) is 0 Å². The van der Waals surface area contributed by atoms with E-state index in [0.29, 0.717) is 0 Å². The number of hydrogen-bond acceptors (Lipinski definition) is 0. The zero-order chi connectivity index (χ0) is 13.4. The van der Waals surface area contributed by atoms with Crippen LogP contribution in [0, 0.1) is 11.8 Å². The lowest BCUT2D eigenvalue weighted by molar-refractivity contribution is 0.514. The molecule has 18 heavy (non-hydrogen) atoms. The highest BCUT2D eigenvalue weighted by Gasteiger charge is 2.02. The molecule has 0 heterocycles. The van der Waals surface area contributed by atoms with Gasteiger partial charge in [-0.3, -0.25) is 0 Å². The third-order valence-electron chi connectivity index (χ3n) is 4.27. The van der Waals surface area contributed by atoms with Crippen molar-refractivity contribution in [1.82, 2.24) is 0 Å². The summed E-state index contributed by atoms with van der Waals surface area (Å²) < 4.78 is 0. The molecule has 0 saturated carbocycles. The minimum absolute atomic E-state index is 0.857. The van der Waals surface area contributed by atoms with Gasteiger partial charge in [0.05, 0.1) is 0 Å². The molecule has 0 bridgehead atoms. The maximum atomic E-state index is 2.35. The molecule has 0 amide bonds. The fourth-order valence-corrected chi connectivity index (χ4v) is 2.11. The summed E-state index contributed by atoms with van der Waals surface area (Å²) in [7, 11) is 0. The monoisotopic (exact) mass is 246 g/mol. The molecule has 0 nitrogen and oxygen atoms in total. The largest absolute Gasteiger partial charge is 0.0651 e. The summed E-state index contributed by atoms with van der Waals surface area (Å²) in [5.74, 6) is 1.71. The summed E-state index contributed by atoms with van der Waals surface area (Å²) in [4.78, 5) is 0. The molecule has 0 N–H and O–H groups in total. The van der Waals surface area contributed by atoms with Crippen molar-refractivity contribution in [2.75, 3.05) is 0 Å². The summed E-state index contributed by atoms with van der Waals surface area (Å²) >= 11 is 0. The van der Waals surface area contributed by atoms with E-state index in [4.69, 9.17) is 0 Å². The van der Waals surface area contributed by atoms with Crippen molar-refractivity contribution in [3.63, 3.8) is 0 Å². The topological polar surface area (TPSA) is 0 Å². The second-order valence-electron chi connectivity index (χ2n) is 5.92. The van der Waals surface area contributed by atoms with Gasteiger partial charge in [-0.1, -0.05) is 64.8 Å². The average molecular weight is 246 g/mol. The molecule has 0 aliphatic carbocycles. The van der Waals surface area contributed by atoms with E-state index in [9.17, 15) is 0 Å². The molecule has 1 aromatic carbocycles. The van der Waals surface area contributed by atoms with Crippen LogP contribution in [0.3, 0.4) is 0 Å². The molecule has 1 aromatic rings. The van der Waals surface area contributed by atoms with Crippen molar-refractivity contribution in [2.45, 2.75) is 66.2 Å². The van der Waals surface area contributed by atoms with E-state index in [2.05, 4.69) is 52.0 Å². The van der Waals surface area contributed by atoms with E-state index in [1.54, 1.807) is 0 Å². The minimum atomic E-state index is 0.857. The van der Waals surface area contributed by atoms with E-state index in [-0.39, 0.29) is 0 Å². The fraction of sp³-hybridized carbons (Fsp3) is 0.667. The maximum absolute atomic E-state index is 2.35. The Bertz CT molecular complexity index is 276. The predicted molar refractivity (Wildman–Crippen MR) is 82.0 cm³/mol. The summed E-state index contributed by atoms with van der Waals surface area (Å²) in [5, 5.41) is 0. The second kappa shape index (κ2) is 8.34. The van der Waals surface area contributed by atoms with Gasteiger partial charge in [0.15, 0.2) is 0 Å². The molecular weight excluding hydrogens is 216 g/mol. The Kier molecular flexibility index (Phi) is 7.08. The van der Waals surface area contributed by atoms with Crippen LogP contribution < -0.4 is 0 Å². The van der Waals surface area contributed by atoms with E-state index in [0.717, 1.165) is 11.8 Å². The Hall–Kier alpha value is -0.780. The van der Waals surface area contributed by atoms with E-state index < -0.39 is 0 Å². The number of aryl methyl sites for hydroxylation is 2. The molecule has 0 aliphatic rings. The Morgan fingerprint density at radius 2 is 1.06 bits per heavy atom. The average Bonchev–Trinajstić information content (AvgIpc) is 2.43. The van der Waals surface area contributed by atoms with Crippen molar-refractivity contribution < 1.29 is 0 Å². The highest BCUT2D eigenvalue weighted by atomic mass is 14.1. The zero-order valence-electron chi connectivity index (χ0n) is 12.7. The summed E-state index contributed by atoms with van der Waals surface area (Å²) in [6.45, 7) is 9.26. The van der Waals surface area contributed by atoms with Crippen LogP contribution in [0.2, 0.25) is 0 Å². The van der Waals surface area contributed by atoms with E-state index >= 15 is 0 Å². The molecule has 0 fully saturated rings. The lowest BCUT2D eigenvalue weighted by Gasteiger charge is -2.10. The van der Waals surface area contributed by atoms with Crippen LogP contribution in [0.4, 0.5) is 0 Å². The molecule has 0 aliphatic heterocycles. The molecule has 102 valence electrons. The predicted octanol–water partition coefficient (Wildman–Crippen LogP) is 5.64. The number of hydrogen-bond donors (Lipinski definition) is 0. The summed E-state index contributed by atoms with van der Waals surface area (Å²) in [5.41, 5.74) is 3.00. The Morgan fingerprint density at radius 1 is 0.722 bits per heavy atom. The van der Waals surface area contributed by atoms with Crippen LogP contribution in [-0.2, 0) is 12.8 Å². The smallest absolute Gasteiger partial charge is 0.0276 e. The molecule has 2 unspecified atom stereocenters. The molecule has 1 rings (SSSR count). The molecule has 2 atom stereocenters. The lowest BCUT2D eigenvalue weighted by atomic mass is 9.96. The van der Waals surface area contributed by atoms with Gasteiger partial charge in [-0.25, -0.2) is 0 Å². The first-order valence-electron chi connectivity index (χ1n) is 7.73. The molecular formula is C18H30. The van der Waals surface area contributed by atoms with Gasteiger partial charge in [0.1, 0.15) is 0 Å². The minimum Gasteiger partial charge on any atom is -0.0651 e. The Labute approximate surface area is 114 Å². The van der Waals surface area contributed by atoms with Crippen molar-refractivity contribution in [1.29, 1.82) is 0 Å². The third kappa shape index (κ3) is 5.71. The Balaban J connectivity index is 2.37. The number of rotatable bonds is 8. The maximum Gasteiger partial charge on any atom is -0.0276 e. The van der Waals surface area contributed by atoms with Crippen molar-refractivity contribution in [2.24, 2.45) is 11.8 Å². The third-order valence-corrected chi connectivity index (χ3v) is 4.27. The summed E-state index contributed by atoms with van der Waals surface area (Å²) in [6, 6.07) is 9.31. The van der Waals surface area contributed by atoms with Gasteiger partial charge in [-0.15, -0.1) is 0 Å². The van der Waals surface area contributed by atoms with Gasteiger partial charge in [-0.05, 0) is 48.6 Å². The highest BCUT2D eigenvalue weighted by Crippen LogP contribution is 2.15. The van der Waals surface area contributed by atoms with E-state index in [1.165, 1.54) is 49.7 Å². The SMILES string of the molecule is CCC(C)CCc1ccc(CCC(C)CC)cc1. The van der Waals surface area contributed by atoms with Crippen LogP contribution in [0.5, 0.6) is 0 Å². The molecule has 0 heteroatoms. The Morgan fingerprint density at radius 3 is 1.33 bits per heavy atom. The number of benzene rings is 1. The van der Waals surface area contributed by atoms with Gasteiger partial charge in [0, 0.05) is 0 Å². The van der Waals surface area contributed by atoms with Crippen LogP contribution in [0.15, 0.2) is 24.3 Å². The van der Waals surface area contributed by atoms with Crippen molar-refractivity contribution >= 4 is 0 Å². The first-order chi connectivity index (χ1) is 8.65. The second-order valence-corrected chi connectivity index (χ2v) is 5.92. The standard InChI is InChI=1S/C18H30/c1-5-15(3)7-9-17-11-13-18(14-12-17)10-8-16(4)6-2/h11-16H,5-10H2,1-4H3. The zero-order valence-corrected chi connectivity index (χ0v) is 12.7. The van der Waals surface area contributed by atoms with Gasteiger partial charge in [0.2, 0.25) is 0 Å². The first-order valence-corrected chi connectivity index (χ1v) is 7.73.